The highest BCUT2D eigenvalue weighted by molar-refractivity contribution is 5.68. The third-order valence-corrected chi connectivity index (χ3v) is 2.62. The predicted octanol–water partition coefficient (Wildman–Crippen LogP) is 4.13. The van der Waals surface area contributed by atoms with Crippen LogP contribution in [0.5, 0.6) is 0 Å². The van der Waals surface area contributed by atoms with E-state index in [4.69, 9.17) is 9.47 Å². The van der Waals surface area contributed by atoms with Crippen LogP contribution in [0.4, 0.5) is 0 Å². The van der Waals surface area contributed by atoms with Crippen LogP contribution >= 0.6 is 0 Å². The molecule has 0 fully saturated rings. The first kappa shape index (κ1) is 15.0. The van der Waals surface area contributed by atoms with E-state index >= 15 is 0 Å². The molecule has 0 bridgehead atoms. The fourth-order valence-electron chi connectivity index (χ4n) is 1.59. The molecule has 0 aromatic heterocycles. The lowest BCUT2D eigenvalue weighted by atomic mass is 10.1. The van der Waals surface area contributed by atoms with Gasteiger partial charge in [0.2, 0.25) is 0 Å². The van der Waals surface area contributed by atoms with Gasteiger partial charge in [0.25, 0.3) is 0 Å². The van der Waals surface area contributed by atoms with Crippen molar-refractivity contribution in [3.8, 4) is 0 Å². The summed E-state index contributed by atoms with van der Waals surface area (Å²) in [6, 6.07) is 9.94. The van der Waals surface area contributed by atoms with Gasteiger partial charge in [-0.3, -0.25) is 4.79 Å². The maximum atomic E-state index is 10.9. The lowest BCUT2D eigenvalue weighted by molar-refractivity contribution is -0.136. The van der Waals surface area contributed by atoms with Gasteiger partial charge in [0.15, 0.2) is 0 Å². The van der Waals surface area contributed by atoms with E-state index in [0.717, 1.165) is 11.1 Å². The maximum Gasteiger partial charge on any atom is 0.308 e. The third-order valence-electron chi connectivity index (χ3n) is 2.62. The first-order valence-electron chi connectivity index (χ1n) is 6.27. The van der Waals surface area contributed by atoms with E-state index in [0.29, 0.717) is 5.76 Å². The van der Waals surface area contributed by atoms with Crippen molar-refractivity contribution in [2.24, 2.45) is 0 Å². The Morgan fingerprint density at radius 2 is 1.84 bits per heavy atom. The summed E-state index contributed by atoms with van der Waals surface area (Å²) in [6.07, 6.45) is 3.31. The molecule has 0 amide bonds. The first-order chi connectivity index (χ1) is 9.04. The zero-order valence-electron chi connectivity index (χ0n) is 11.8. The molecule has 0 saturated carbocycles. The van der Waals surface area contributed by atoms with Crippen LogP contribution in [0.3, 0.4) is 0 Å². The number of carbonyl (C=O) groups excluding carboxylic acids is 1. The molecule has 0 unspecified atom stereocenters. The normalized spacial score (nSPS) is 13.9. The molecule has 1 atom stereocenters. The summed E-state index contributed by atoms with van der Waals surface area (Å²) in [5, 5.41) is 0. The first-order valence-corrected chi connectivity index (χ1v) is 6.27. The van der Waals surface area contributed by atoms with Gasteiger partial charge in [0.1, 0.15) is 11.9 Å². The van der Waals surface area contributed by atoms with Gasteiger partial charge in [-0.15, -0.1) is 0 Å². The van der Waals surface area contributed by atoms with E-state index in [2.05, 4.69) is 0 Å². The number of esters is 1. The number of hydrogen-bond donors (Lipinski definition) is 0. The average molecular weight is 260 g/mol. The molecule has 1 aromatic carbocycles. The predicted molar refractivity (Wildman–Crippen MR) is 75.2 cm³/mol. The SMILES string of the molecule is C/C=C(OC(C)=O)/C(C)=C/O[C@@H](C)c1ccccc1. The highest BCUT2D eigenvalue weighted by Crippen LogP contribution is 2.19. The number of hydrogen-bond acceptors (Lipinski definition) is 3. The van der Waals surface area contributed by atoms with Crippen LogP contribution in [0.2, 0.25) is 0 Å². The Morgan fingerprint density at radius 1 is 1.21 bits per heavy atom. The molecule has 1 rings (SSSR count). The molecule has 0 radical (unpaired) electrons. The summed E-state index contributed by atoms with van der Waals surface area (Å²) in [7, 11) is 0. The smallest absolute Gasteiger partial charge is 0.308 e. The fraction of sp³-hybridized carbons (Fsp3) is 0.312. The molecule has 3 nitrogen and oxygen atoms in total. The Balaban J connectivity index is 2.67. The van der Waals surface area contributed by atoms with Crippen LogP contribution < -0.4 is 0 Å². The Morgan fingerprint density at radius 3 is 2.37 bits per heavy atom. The number of carbonyl (C=O) groups is 1. The minimum atomic E-state index is -0.336. The van der Waals surface area contributed by atoms with Crippen LogP contribution in [0.15, 0.2) is 54.0 Å². The van der Waals surface area contributed by atoms with E-state index in [-0.39, 0.29) is 12.1 Å². The fourth-order valence-corrected chi connectivity index (χ4v) is 1.59. The maximum absolute atomic E-state index is 10.9. The minimum Gasteiger partial charge on any atom is -0.493 e. The molecule has 19 heavy (non-hydrogen) atoms. The van der Waals surface area contributed by atoms with Crippen molar-refractivity contribution in [2.45, 2.75) is 33.8 Å². The van der Waals surface area contributed by atoms with Crippen molar-refractivity contribution < 1.29 is 14.3 Å². The monoisotopic (exact) mass is 260 g/mol. The molecule has 0 spiro atoms. The summed E-state index contributed by atoms with van der Waals surface area (Å²) in [5.74, 6) is 0.185. The van der Waals surface area contributed by atoms with Gasteiger partial charge in [-0.25, -0.2) is 0 Å². The average Bonchev–Trinajstić information content (AvgIpc) is 2.42. The van der Waals surface area contributed by atoms with Crippen molar-refractivity contribution in [3.63, 3.8) is 0 Å². The lowest BCUT2D eigenvalue weighted by Gasteiger charge is -2.13. The van der Waals surface area contributed by atoms with Gasteiger partial charge >= 0.3 is 5.97 Å². The summed E-state index contributed by atoms with van der Waals surface area (Å²) < 4.78 is 10.7. The Labute approximate surface area is 114 Å². The molecule has 3 heteroatoms. The molecule has 0 saturated heterocycles. The largest absolute Gasteiger partial charge is 0.493 e. The van der Waals surface area contributed by atoms with E-state index in [9.17, 15) is 4.79 Å². The van der Waals surface area contributed by atoms with Crippen molar-refractivity contribution in [2.75, 3.05) is 0 Å². The molecule has 0 aliphatic rings. The summed E-state index contributed by atoms with van der Waals surface area (Å²) in [6.45, 7) is 7.01. The zero-order valence-corrected chi connectivity index (χ0v) is 11.8. The Hall–Kier alpha value is -2.03. The van der Waals surface area contributed by atoms with Crippen molar-refractivity contribution in [1.82, 2.24) is 0 Å². The van der Waals surface area contributed by atoms with Crippen LogP contribution in [-0.4, -0.2) is 5.97 Å². The van der Waals surface area contributed by atoms with Gasteiger partial charge in [-0.1, -0.05) is 30.3 Å². The molecule has 0 aliphatic heterocycles. The topological polar surface area (TPSA) is 35.5 Å². The van der Waals surface area contributed by atoms with E-state index in [1.165, 1.54) is 6.92 Å². The van der Waals surface area contributed by atoms with E-state index in [1.807, 2.05) is 51.1 Å². The molecule has 0 N–H and O–H groups in total. The molecule has 102 valence electrons. The van der Waals surface area contributed by atoms with Crippen LogP contribution in [-0.2, 0) is 14.3 Å². The molecule has 0 heterocycles. The third kappa shape index (κ3) is 5.00. The second-order valence-electron chi connectivity index (χ2n) is 4.24. The minimum absolute atomic E-state index is 0.0495. The van der Waals surface area contributed by atoms with Gasteiger partial charge in [0, 0.05) is 12.5 Å². The summed E-state index contributed by atoms with van der Waals surface area (Å²) >= 11 is 0. The van der Waals surface area contributed by atoms with Crippen LogP contribution in [0.1, 0.15) is 39.4 Å². The Kier molecular flexibility index (Phi) is 5.86. The number of allylic oxidation sites excluding steroid dienone is 2. The molecule has 1 aromatic rings. The van der Waals surface area contributed by atoms with Gasteiger partial charge in [-0.2, -0.15) is 0 Å². The summed E-state index contributed by atoms with van der Waals surface area (Å²) in [4.78, 5) is 10.9. The van der Waals surface area contributed by atoms with Crippen molar-refractivity contribution >= 4 is 5.97 Å². The van der Waals surface area contributed by atoms with E-state index < -0.39 is 0 Å². The van der Waals surface area contributed by atoms with Gasteiger partial charge < -0.3 is 9.47 Å². The second-order valence-corrected chi connectivity index (χ2v) is 4.24. The highest BCUT2D eigenvalue weighted by Gasteiger charge is 2.07. The summed E-state index contributed by atoms with van der Waals surface area (Å²) in [5.41, 5.74) is 1.88. The zero-order chi connectivity index (χ0) is 14.3. The Bertz CT molecular complexity index is 472. The standard InChI is InChI=1S/C16H20O3/c1-5-16(19-14(4)17)12(2)11-18-13(3)15-9-7-6-8-10-15/h5-11,13H,1-4H3/b12-11+,16-5-/t13-/m0/s1. The van der Waals surface area contributed by atoms with Gasteiger partial charge in [0.05, 0.1) is 6.26 Å². The number of rotatable bonds is 5. The quantitative estimate of drug-likeness (QED) is 0.453. The van der Waals surface area contributed by atoms with Crippen LogP contribution in [0.25, 0.3) is 0 Å². The van der Waals surface area contributed by atoms with Crippen LogP contribution in [0, 0.1) is 0 Å². The second kappa shape index (κ2) is 7.41. The van der Waals surface area contributed by atoms with Gasteiger partial charge in [-0.05, 0) is 32.4 Å². The number of benzene rings is 1. The van der Waals surface area contributed by atoms with Crippen molar-refractivity contribution in [3.05, 3.63) is 59.6 Å². The molecular weight excluding hydrogens is 240 g/mol. The highest BCUT2D eigenvalue weighted by atomic mass is 16.5. The molecule has 0 aliphatic carbocycles. The van der Waals surface area contributed by atoms with E-state index in [1.54, 1.807) is 12.3 Å². The lowest BCUT2D eigenvalue weighted by Crippen LogP contribution is -2.01. The molecular formula is C16H20O3. The number of ether oxygens (including phenoxy) is 2. The van der Waals surface area contributed by atoms with Crippen molar-refractivity contribution in [1.29, 1.82) is 0 Å².